The molecule has 0 saturated heterocycles. The molecular formula is C15H12Br2ClFO. The first-order chi connectivity index (χ1) is 9.52. The number of rotatable bonds is 4. The lowest BCUT2D eigenvalue weighted by Gasteiger charge is -2.13. The van der Waals surface area contributed by atoms with Crippen LogP contribution < -0.4 is 4.74 Å². The summed E-state index contributed by atoms with van der Waals surface area (Å²) in [6.45, 7) is 2.55. The van der Waals surface area contributed by atoms with Gasteiger partial charge in [0.05, 0.1) is 16.5 Å². The van der Waals surface area contributed by atoms with Crippen LogP contribution in [0.4, 0.5) is 4.39 Å². The second-order valence-corrected chi connectivity index (χ2v) is 6.33. The molecule has 0 aliphatic carbocycles. The first-order valence-electron chi connectivity index (χ1n) is 6.04. The van der Waals surface area contributed by atoms with Crippen molar-refractivity contribution in [3.8, 4) is 5.75 Å². The lowest BCUT2D eigenvalue weighted by Crippen LogP contribution is -1.98. The Bertz CT molecular complexity index is 602. The fourth-order valence-corrected chi connectivity index (χ4v) is 2.96. The summed E-state index contributed by atoms with van der Waals surface area (Å²) in [6.07, 6.45) is 0. The van der Waals surface area contributed by atoms with Crippen molar-refractivity contribution in [2.75, 3.05) is 6.61 Å². The van der Waals surface area contributed by atoms with E-state index in [9.17, 15) is 4.39 Å². The van der Waals surface area contributed by atoms with Gasteiger partial charge >= 0.3 is 0 Å². The molecule has 2 aromatic rings. The van der Waals surface area contributed by atoms with Gasteiger partial charge in [-0.15, -0.1) is 0 Å². The third-order valence-corrected chi connectivity index (χ3v) is 5.02. The topological polar surface area (TPSA) is 9.23 Å². The van der Waals surface area contributed by atoms with Crippen molar-refractivity contribution in [1.29, 1.82) is 0 Å². The SMILES string of the molecule is CCOc1ccc(C(Br)c2cc(Cl)c(Br)cc2F)cc1. The number of hydrogen-bond acceptors (Lipinski definition) is 1. The number of ether oxygens (including phenoxy) is 1. The lowest BCUT2D eigenvalue weighted by atomic mass is 10.0. The average Bonchev–Trinajstić information content (AvgIpc) is 2.43. The molecule has 1 nitrogen and oxygen atoms in total. The number of halogens is 4. The van der Waals surface area contributed by atoms with Crippen LogP contribution in [0.2, 0.25) is 5.02 Å². The van der Waals surface area contributed by atoms with Crippen LogP contribution in [0.15, 0.2) is 40.9 Å². The third kappa shape index (κ3) is 3.54. The maximum absolute atomic E-state index is 14.0. The van der Waals surface area contributed by atoms with Crippen LogP contribution in [0.5, 0.6) is 5.75 Å². The molecule has 1 unspecified atom stereocenters. The predicted molar refractivity (Wildman–Crippen MR) is 87.5 cm³/mol. The quantitative estimate of drug-likeness (QED) is 0.426. The van der Waals surface area contributed by atoms with E-state index in [1.165, 1.54) is 6.07 Å². The normalized spacial score (nSPS) is 12.2. The summed E-state index contributed by atoms with van der Waals surface area (Å²) in [4.78, 5) is -0.260. The Balaban J connectivity index is 2.31. The Morgan fingerprint density at radius 1 is 1.25 bits per heavy atom. The monoisotopic (exact) mass is 420 g/mol. The molecule has 106 valence electrons. The second kappa shape index (κ2) is 6.92. The smallest absolute Gasteiger partial charge is 0.129 e. The molecule has 2 rings (SSSR count). The maximum atomic E-state index is 14.0. The summed E-state index contributed by atoms with van der Waals surface area (Å²) >= 11 is 12.8. The first kappa shape index (κ1) is 15.8. The number of benzene rings is 2. The first-order valence-corrected chi connectivity index (χ1v) is 8.13. The Hall–Kier alpha value is -0.580. The molecule has 0 aliphatic heterocycles. The van der Waals surface area contributed by atoms with Gasteiger partial charge in [0.1, 0.15) is 11.6 Å². The van der Waals surface area contributed by atoms with Crippen molar-refractivity contribution in [2.45, 2.75) is 11.8 Å². The van der Waals surface area contributed by atoms with Gasteiger partial charge in [0.2, 0.25) is 0 Å². The highest BCUT2D eigenvalue weighted by Gasteiger charge is 2.17. The van der Waals surface area contributed by atoms with E-state index in [-0.39, 0.29) is 10.6 Å². The van der Waals surface area contributed by atoms with Crippen LogP contribution in [0.25, 0.3) is 0 Å². The minimum absolute atomic E-state index is 0.260. The van der Waals surface area contributed by atoms with Crippen LogP contribution in [-0.4, -0.2) is 6.61 Å². The van der Waals surface area contributed by atoms with Gasteiger partial charge in [-0.2, -0.15) is 0 Å². The van der Waals surface area contributed by atoms with Gasteiger partial charge in [-0.3, -0.25) is 0 Å². The highest BCUT2D eigenvalue weighted by molar-refractivity contribution is 9.10. The van der Waals surface area contributed by atoms with Crippen LogP contribution in [0.3, 0.4) is 0 Å². The maximum Gasteiger partial charge on any atom is 0.129 e. The van der Waals surface area contributed by atoms with E-state index < -0.39 is 0 Å². The highest BCUT2D eigenvalue weighted by Crippen LogP contribution is 2.36. The molecular weight excluding hydrogens is 410 g/mol. The highest BCUT2D eigenvalue weighted by atomic mass is 79.9. The predicted octanol–water partition coefficient (Wildman–Crippen LogP) is 6.12. The van der Waals surface area contributed by atoms with Crippen molar-refractivity contribution in [2.24, 2.45) is 0 Å². The number of hydrogen-bond donors (Lipinski definition) is 0. The fraction of sp³-hybridized carbons (Fsp3) is 0.200. The van der Waals surface area contributed by atoms with Crippen LogP contribution in [-0.2, 0) is 0 Å². The zero-order valence-electron chi connectivity index (χ0n) is 10.7. The van der Waals surface area contributed by atoms with Gasteiger partial charge in [0.25, 0.3) is 0 Å². The molecule has 1 atom stereocenters. The zero-order valence-corrected chi connectivity index (χ0v) is 14.6. The molecule has 0 fully saturated rings. The Morgan fingerprint density at radius 2 is 1.90 bits per heavy atom. The summed E-state index contributed by atoms with van der Waals surface area (Å²) < 4.78 is 20.0. The van der Waals surface area contributed by atoms with E-state index in [0.29, 0.717) is 21.7 Å². The van der Waals surface area contributed by atoms with Crippen LogP contribution in [0, 0.1) is 5.82 Å². The Kier molecular flexibility index (Phi) is 5.47. The molecule has 0 heterocycles. The lowest BCUT2D eigenvalue weighted by molar-refractivity contribution is 0.340. The average molecular weight is 423 g/mol. The molecule has 0 N–H and O–H groups in total. The largest absolute Gasteiger partial charge is 0.494 e. The minimum atomic E-state index is -0.308. The molecule has 0 aromatic heterocycles. The van der Waals surface area contributed by atoms with E-state index >= 15 is 0 Å². The molecule has 20 heavy (non-hydrogen) atoms. The van der Waals surface area contributed by atoms with Gasteiger partial charge in [0.15, 0.2) is 0 Å². The summed E-state index contributed by atoms with van der Waals surface area (Å²) in [5.41, 5.74) is 1.44. The molecule has 2 aromatic carbocycles. The van der Waals surface area contributed by atoms with E-state index in [4.69, 9.17) is 16.3 Å². The van der Waals surface area contributed by atoms with Crippen LogP contribution >= 0.6 is 43.5 Å². The summed E-state index contributed by atoms with van der Waals surface area (Å²) in [5, 5.41) is 0.483. The fourth-order valence-electron chi connectivity index (χ4n) is 1.81. The zero-order chi connectivity index (χ0) is 14.7. The molecule has 0 spiro atoms. The van der Waals surface area contributed by atoms with E-state index in [2.05, 4.69) is 31.9 Å². The van der Waals surface area contributed by atoms with Crippen molar-refractivity contribution in [3.05, 3.63) is 62.8 Å². The van der Waals surface area contributed by atoms with Gasteiger partial charge in [-0.25, -0.2) is 4.39 Å². The Morgan fingerprint density at radius 3 is 2.50 bits per heavy atom. The van der Waals surface area contributed by atoms with Crippen molar-refractivity contribution < 1.29 is 9.13 Å². The molecule has 0 aliphatic rings. The Labute approximate surface area is 139 Å². The molecule has 0 amide bonds. The van der Waals surface area contributed by atoms with E-state index in [1.54, 1.807) is 6.07 Å². The molecule has 0 bridgehead atoms. The second-order valence-electron chi connectivity index (χ2n) is 4.15. The van der Waals surface area contributed by atoms with Gasteiger partial charge in [0, 0.05) is 10.0 Å². The molecule has 0 saturated carbocycles. The van der Waals surface area contributed by atoms with E-state index in [0.717, 1.165) is 11.3 Å². The summed E-state index contributed by atoms with van der Waals surface area (Å²) in [5.74, 6) is 0.488. The van der Waals surface area contributed by atoms with Crippen LogP contribution in [0.1, 0.15) is 22.9 Å². The van der Waals surface area contributed by atoms with Crippen molar-refractivity contribution in [3.63, 3.8) is 0 Å². The van der Waals surface area contributed by atoms with Crippen molar-refractivity contribution >= 4 is 43.5 Å². The van der Waals surface area contributed by atoms with Gasteiger partial charge < -0.3 is 4.74 Å². The van der Waals surface area contributed by atoms with Gasteiger partial charge in [-0.05, 0) is 52.7 Å². The third-order valence-electron chi connectivity index (χ3n) is 2.80. The minimum Gasteiger partial charge on any atom is -0.494 e. The van der Waals surface area contributed by atoms with Crippen molar-refractivity contribution in [1.82, 2.24) is 0 Å². The summed E-state index contributed by atoms with van der Waals surface area (Å²) in [6, 6.07) is 10.5. The molecule has 0 radical (unpaired) electrons. The standard InChI is InChI=1S/C15H12Br2ClFO/c1-2-20-10-5-3-9(4-6-10)15(17)11-7-13(18)12(16)8-14(11)19/h3-8,15H,2H2,1H3. The van der Waals surface area contributed by atoms with Gasteiger partial charge in [-0.1, -0.05) is 39.7 Å². The number of alkyl halides is 1. The van der Waals surface area contributed by atoms with E-state index in [1.807, 2.05) is 31.2 Å². The molecule has 5 heteroatoms. The summed E-state index contributed by atoms with van der Waals surface area (Å²) in [7, 11) is 0.